The van der Waals surface area contributed by atoms with E-state index >= 15 is 0 Å². The monoisotopic (exact) mass is 254 g/mol. The summed E-state index contributed by atoms with van der Waals surface area (Å²) in [4.78, 5) is 3.10. The van der Waals surface area contributed by atoms with Crippen LogP contribution in [-0.2, 0) is 6.42 Å². The number of aromatic amines is 1. The SMILES string of the molecule is NCCc1c[nH]c2ccc(Br)c(O)c12. The van der Waals surface area contributed by atoms with Gasteiger partial charge in [0.25, 0.3) is 0 Å². The molecular formula is C10H11BrN2O. The normalized spacial score (nSPS) is 11.0. The molecule has 0 atom stereocenters. The van der Waals surface area contributed by atoms with E-state index in [9.17, 15) is 5.11 Å². The van der Waals surface area contributed by atoms with E-state index in [1.54, 1.807) is 0 Å². The summed E-state index contributed by atoms with van der Waals surface area (Å²) in [5.41, 5.74) is 7.49. The first kappa shape index (κ1) is 9.55. The Balaban J connectivity index is 2.69. The van der Waals surface area contributed by atoms with Gasteiger partial charge in [-0.15, -0.1) is 0 Å². The fourth-order valence-electron chi connectivity index (χ4n) is 1.60. The van der Waals surface area contributed by atoms with Crippen molar-refractivity contribution >= 4 is 26.8 Å². The Morgan fingerprint density at radius 1 is 1.43 bits per heavy atom. The van der Waals surface area contributed by atoms with Crippen molar-refractivity contribution in [2.45, 2.75) is 6.42 Å². The first-order valence-corrected chi connectivity index (χ1v) is 5.21. The predicted octanol–water partition coefficient (Wildman–Crippen LogP) is 2.14. The van der Waals surface area contributed by atoms with Gasteiger partial charge in [0.1, 0.15) is 5.75 Å². The third-order valence-corrected chi connectivity index (χ3v) is 2.91. The maximum atomic E-state index is 9.85. The van der Waals surface area contributed by atoms with E-state index in [-0.39, 0.29) is 5.75 Å². The molecule has 0 bridgehead atoms. The zero-order valence-electron chi connectivity index (χ0n) is 7.55. The Kier molecular flexibility index (Phi) is 2.48. The van der Waals surface area contributed by atoms with Gasteiger partial charge in [0.15, 0.2) is 0 Å². The van der Waals surface area contributed by atoms with Crippen LogP contribution in [0.1, 0.15) is 5.56 Å². The topological polar surface area (TPSA) is 62.0 Å². The van der Waals surface area contributed by atoms with Gasteiger partial charge in [-0.2, -0.15) is 0 Å². The number of H-pyrrole nitrogens is 1. The molecule has 0 unspecified atom stereocenters. The molecule has 0 radical (unpaired) electrons. The number of phenolic OH excluding ortho intramolecular Hbond substituents is 1. The summed E-state index contributed by atoms with van der Waals surface area (Å²) in [6.45, 7) is 0.582. The highest BCUT2D eigenvalue weighted by Crippen LogP contribution is 2.34. The van der Waals surface area contributed by atoms with Gasteiger partial charge in [0, 0.05) is 17.1 Å². The van der Waals surface area contributed by atoms with Gasteiger partial charge in [-0.05, 0) is 46.6 Å². The fraction of sp³-hybridized carbons (Fsp3) is 0.200. The summed E-state index contributed by atoms with van der Waals surface area (Å²) in [6.07, 6.45) is 2.66. The minimum atomic E-state index is 0.284. The van der Waals surface area contributed by atoms with Crippen LogP contribution in [0.2, 0.25) is 0 Å². The second-order valence-electron chi connectivity index (χ2n) is 3.17. The lowest BCUT2D eigenvalue weighted by atomic mass is 10.1. The van der Waals surface area contributed by atoms with Gasteiger partial charge in [-0.25, -0.2) is 0 Å². The summed E-state index contributed by atoms with van der Waals surface area (Å²) in [7, 11) is 0. The van der Waals surface area contributed by atoms with Gasteiger partial charge in [-0.1, -0.05) is 0 Å². The molecule has 4 N–H and O–H groups in total. The van der Waals surface area contributed by atoms with Crippen molar-refractivity contribution in [3.8, 4) is 5.75 Å². The molecule has 0 aliphatic carbocycles. The molecule has 14 heavy (non-hydrogen) atoms. The number of fused-ring (bicyclic) bond motifs is 1. The van der Waals surface area contributed by atoms with Crippen molar-refractivity contribution in [2.75, 3.05) is 6.54 Å². The third kappa shape index (κ3) is 1.40. The molecule has 0 aliphatic heterocycles. The number of rotatable bonds is 2. The lowest BCUT2D eigenvalue weighted by Gasteiger charge is -2.01. The standard InChI is InChI=1S/C10H11BrN2O/c11-7-1-2-8-9(10(7)14)6(3-4-12)5-13-8/h1-2,5,13-14H,3-4,12H2. The molecule has 1 heterocycles. The van der Waals surface area contributed by atoms with Crippen LogP contribution in [0.25, 0.3) is 10.9 Å². The van der Waals surface area contributed by atoms with Crippen LogP contribution >= 0.6 is 15.9 Å². The van der Waals surface area contributed by atoms with E-state index in [1.165, 1.54) is 0 Å². The van der Waals surface area contributed by atoms with Gasteiger partial charge in [-0.3, -0.25) is 0 Å². The van der Waals surface area contributed by atoms with Crippen LogP contribution in [-0.4, -0.2) is 16.6 Å². The van der Waals surface area contributed by atoms with E-state index < -0.39 is 0 Å². The summed E-state index contributed by atoms with van der Waals surface area (Å²) in [5.74, 6) is 0.284. The number of nitrogens with one attached hydrogen (secondary N) is 1. The number of aromatic hydroxyl groups is 1. The van der Waals surface area contributed by atoms with Crippen molar-refractivity contribution in [3.63, 3.8) is 0 Å². The average Bonchev–Trinajstić information content (AvgIpc) is 2.57. The molecule has 4 heteroatoms. The number of phenols is 1. The Labute approximate surface area is 90.1 Å². The molecule has 0 saturated heterocycles. The molecule has 2 rings (SSSR count). The molecule has 1 aromatic heterocycles. The Morgan fingerprint density at radius 2 is 2.21 bits per heavy atom. The highest BCUT2D eigenvalue weighted by atomic mass is 79.9. The maximum Gasteiger partial charge on any atom is 0.139 e. The number of benzene rings is 1. The summed E-state index contributed by atoms with van der Waals surface area (Å²) >= 11 is 3.29. The van der Waals surface area contributed by atoms with Crippen molar-refractivity contribution in [2.24, 2.45) is 5.73 Å². The molecule has 0 fully saturated rings. The zero-order chi connectivity index (χ0) is 10.1. The molecule has 3 nitrogen and oxygen atoms in total. The summed E-state index contributed by atoms with van der Waals surface area (Å²) in [5, 5.41) is 10.7. The van der Waals surface area contributed by atoms with Gasteiger partial charge >= 0.3 is 0 Å². The Bertz CT molecular complexity index is 464. The van der Waals surface area contributed by atoms with Crippen molar-refractivity contribution < 1.29 is 5.11 Å². The van der Waals surface area contributed by atoms with Crippen LogP contribution in [0.15, 0.2) is 22.8 Å². The number of aromatic nitrogens is 1. The molecule has 2 aromatic rings. The summed E-state index contributed by atoms with van der Waals surface area (Å²) in [6, 6.07) is 3.75. The summed E-state index contributed by atoms with van der Waals surface area (Å²) < 4.78 is 0.711. The number of hydrogen-bond acceptors (Lipinski definition) is 2. The van der Waals surface area contributed by atoms with E-state index in [1.807, 2.05) is 18.3 Å². The minimum absolute atomic E-state index is 0.284. The minimum Gasteiger partial charge on any atom is -0.506 e. The second-order valence-corrected chi connectivity index (χ2v) is 4.03. The van der Waals surface area contributed by atoms with E-state index in [0.717, 1.165) is 22.9 Å². The Morgan fingerprint density at radius 3 is 2.93 bits per heavy atom. The highest BCUT2D eigenvalue weighted by molar-refractivity contribution is 9.10. The van der Waals surface area contributed by atoms with Crippen LogP contribution in [0.4, 0.5) is 0 Å². The van der Waals surface area contributed by atoms with E-state index in [0.29, 0.717) is 11.0 Å². The highest BCUT2D eigenvalue weighted by Gasteiger charge is 2.09. The van der Waals surface area contributed by atoms with E-state index in [4.69, 9.17) is 5.73 Å². The van der Waals surface area contributed by atoms with E-state index in [2.05, 4.69) is 20.9 Å². The first-order chi connectivity index (χ1) is 6.74. The van der Waals surface area contributed by atoms with Gasteiger partial charge in [0.05, 0.1) is 4.47 Å². The molecule has 74 valence electrons. The largest absolute Gasteiger partial charge is 0.506 e. The van der Waals surface area contributed by atoms with Crippen LogP contribution < -0.4 is 5.73 Å². The lowest BCUT2D eigenvalue weighted by Crippen LogP contribution is -2.01. The molecule has 0 saturated carbocycles. The van der Waals surface area contributed by atoms with Crippen LogP contribution in [0.5, 0.6) is 5.75 Å². The quantitative estimate of drug-likeness (QED) is 0.769. The van der Waals surface area contributed by atoms with Gasteiger partial charge in [0.2, 0.25) is 0 Å². The fourth-order valence-corrected chi connectivity index (χ4v) is 1.93. The average molecular weight is 255 g/mol. The van der Waals surface area contributed by atoms with Crippen molar-refractivity contribution in [1.82, 2.24) is 4.98 Å². The molecular weight excluding hydrogens is 244 g/mol. The Hall–Kier alpha value is -1.00. The zero-order valence-corrected chi connectivity index (χ0v) is 9.13. The smallest absolute Gasteiger partial charge is 0.139 e. The lowest BCUT2D eigenvalue weighted by molar-refractivity contribution is 0.478. The molecule has 0 amide bonds. The molecule has 1 aromatic carbocycles. The number of halogens is 1. The molecule has 0 spiro atoms. The maximum absolute atomic E-state index is 9.85. The molecule has 0 aliphatic rings. The second kappa shape index (κ2) is 3.63. The predicted molar refractivity (Wildman–Crippen MR) is 60.4 cm³/mol. The van der Waals surface area contributed by atoms with Gasteiger partial charge < -0.3 is 15.8 Å². The first-order valence-electron chi connectivity index (χ1n) is 4.41. The van der Waals surface area contributed by atoms with Crippen molar-refractivity contribution in [3.05, 3.63) is 28.4 Å². The van der Waals surface area contributed by atoms with Crippen LogP contribution in [0, 0.1) is 0 Å². The van der Waals surface area contributed by atoms with Crippen molar-refractivity contribution in [1.29, 1.82) is 0 Å². The van der Waals surface area contributed by atoms with Crippen LogP contribution in [0.3, 0.4) is 0 Å². The third-order valence-electron chi connectivity index (χ3n) is 2.27. The number of hydrogen-bond donors (Lipinski definition) is 3. The number of nitrogens with two attached hydrogens (primary N) is 1.